The lowest BCUT2D eigenvalue weighted by Crippen LogP contribution is -2.47. The molecule has 2 amide bonds. The molecule has 9 heteroatoms. The normalized spacial score (nSPS) is 17.1. The van der Waals surface area contributed by atoms with Crippen LogP contribution in [0.25, 0.3) is 0 Å². The van der Waals surface area contributed by atoms with Crippen LogP contribution in [0.4, 0.5) is 14.5 Å². The van der Waals surface area contributed by atoms with Crippen LogP contribution >= 0.6 is 43.6 Å². The van der Waals surface area contributed by atoms with Gasteiger partial charge < -0.3 is 5.32 Å². The zero-order valence-electron chi connectivity index (χ0n) is 19.0. The molecule has 1 fully saturated rings. The summed E-state index contributed by atoms with van der Waals surface area (Å²) in [5, 5.41) is 3.06. The maximum atomic E-state index is 15.6. The van der Waals surface area contributed by atoms with Crippen LogP contribution in [0.15, 0.2) is 56.3 Å². The molecule has 1 aliphatic carbocycles. The van der Waals surface area contributed by atoms with E-state index in [0.717, 1.165) is 49.2 Å². The highest BCUT2D eigenvalue weighted by molar-refractivity contribution is 9.11. The first-order chi connectivity index (χ1) is 16.8. The van der Waals surface area contributed by atoms with E-state index in [2.05, 4.69) is 37.2 Å². The van der Waals surface area contributed by atoms with Gasteiger partial charge in [-0.25, -0.2) is 8.78 Å². The van der Waals surface area contributed by atoms with E-state index < -0.39 is 29.5 Å². The molecule has 35 heavy (non-hydrogen) atoms. The van der Waals surface area contributed by atoms with Crippen molar-refractivity contribution in [2.75, 3.05) is 10.7 Å². The second-order valence-corrected chi connectivity index (χ2v) is 11.7. The van der Waals surface area contributed by atoms with Gasteiger partial charge in [-0.3, -0.25) is 14.5 Å². The number of benzene rings is 2. The Balaban J connectivity index is 1.82. The molecule has 2 aliphatic rings. The summed E-state index contributed by atoms with van der Waals surface area (Å²) in [6.07, 6.45) is 7.70. The summed E-state index contributed by atoms with van der Waals surface area (Å²) in [6.45, 7) is 0. The molecule has 1 saturated carbocycles. The van der Waals surface area contributed by atoms with Gasteiger partial charge in [0.2, 0.25) is 11.8 Å². The average molecular weight is 628 g/mol. The Bertz CT molecular complexity index is 1140. The van der Waals surface area contributed by atoms with E-state index in [1.807, 2.05) is 6.08 Å². The summed E-state index contributed by atoms with van der Waals surface area (Å²) in [4.78, 5) is 29.7. The number of thioether (sulfide) groups is 1. The van der Waals surface area contributed by atoms with Gasteiger partial charge in [0.1, 0.15) is 17.7 Å². The Kier molecular flexibility index (Phi) is 9.05. The van der Waals surface area contributed by atoms with Crippen molar-refractivity contribution in [1.82, 2.24) is 5.32 Å². The van der Waals surface area contributed by atoms with Crippen molar-refractivity contribution >= 4 is 61.1 Å². The molecule has 1 atom stereocenters. The Morgan fingerprint density at radius 1 is 1.09 bits per heavy atom. The monoisotopic (exact) mass is 626 g/mol. The second kappa shape index (κ2) is 12.0. The van der Waals surface area contributed by atoms with Crippen LogP contribution in [0.1, 0.15) is 56.6 Å². The molecule has 1 heterocycles. The summed E-state index contributed by atoms with van der Waals surface area (Å²) in [5.74, 6) is -1.19. The van der Waals surface area contributed by atoms with Crippen LogP contribution in [0.5, 0.6) is 0 Å². The molecular formula is C26H26Br2F2N2O2S. The van der Waals surface area contributed by atoms with Crippen molar-refractivity contribution in [3.63, 3.8) is 0 Å². The van der Waals surface area contributed by atoms with Crippen LogP contribution in [-0.2, 0) is 9.59 Å². The van der Waals surface area contributed by atoms with Gasteiger partial charge in [-0.15, -0.1) is 11.8 Å². The van der Waals surface area contributed by atoms with Crippen LogP contribution in [0.3, 0.4) is 0 Å². The third-order valence-corrected chi connectivity index (χ3v) is 8.69. The molecule has 1 N–H and O–H groups in total. The number of rotatable bonds is 7. The molecule has 2 aromatic carbocycles. The van der Waals surface area contributed by atoms with Crippen molar-refractivity contribution in [3.8, 4) is 0 Å². The maximum absolute atomic E-state index is 15.6. The lowest BCUT2D eigenvalue weighted by atomic mass is 9.94. The highest BCUT2D eigenvalue weighted by Gasteiger charge is 2.38. The molecule has 4 nitrogen and oxygen atoms in total. The molecule has 1 aliphatic heterocycles. The molecular weight excluding hydrogens is 602 g/mol. The fourth-order valence-electron chi connectivity index (χ4n) is 4.59. The summed E-state index contributed by atoms with van der Waals surface area (Å²) in [6, 6.07) is 7.32. The molecule has 186 valence electrons. The van der Waals surface area contributed by atoms with Crippen molar-refractivity contribution < 1.29 is 18.4 Å². The van der Waals surface area contributed by atoms with Crippen LogP contribution in [0.2, 0.25) is 0 Å². The van der Waals surface area contributed by atoms with E-state index in [1.54, 1.807) is 23.9 Å². The van der Waals surface area contributed by atoms with Gasteiger partial charge in [-0.05, 0) is 70.4 Å². The van der Waals surface area contributed by atoms with Gasteiger partial charge in [-0.1, -0.05) is 47.3 Å². The number of allylic oxidation sites excluding steroid dienone is 1. The van der Waals surface area contributed by atoms with Crippen molar-refractivity contribution in [1.29, 1.82) is 0 Å². The minimum absolute atomic E-state index is 0.0263. The van der Waals surface area contributed by atoms with Gasteiger partial charge in [0.05, 0.1) is 10.9 Å². The number of hydrogen-bond acceptors (Lipinski definition) is 3. The molecule has 2 aromatic rings. The van der Waals surface area contributed by atoms with E-state index in [0.29, 0.717) is 4.47 Å². The number of carbonyl (C=O) groups is 2. The smallest absolute Gasteiger partial charge is 0.248 e. The van der Waals surface area contributed by atoms with Crippen LogP contribution in [0, 0.1) is 11.6 Å². The second-order valence-electron chi connectivity index (χ2n) is 8.73. The Morgan fingerprint density at radius 2 is 1.83 bits per heavy atom. The van der Waals surface area contributed by atoms with E-state index in [9.17, 15) is 14.0 Å². The van der Waals surface area contributed by atoms with Crippen LogP contribution < -0.4 is 10.2 Å². The predicted molar refractivity (Wildman–Crippen MR) is 143 cm³/mol. The minimum atomic E-state index is -1.33. The van der Waals surface area contributed by atoms with Gasteiger partial charge in [0.25, 0.3) is 0 Å². The Labute approximate surface area is 225 Å². The van der Waals surface area contributed by atoms with E-state index in [1.165, 1.54) is 29.2 Å². The first-order valence-electron chi connectivity index (χ1n) is 11.7. The fourth-order valence-corrected chi connectivity index (χ4v) is 6.42. The Morgan fingerprint density at radius 3 is 2.51 bits per heavy atom. The average Bonchev–Trinajstić information content (AvgIpc) is 3.34. The minimum Gasteiger partial charge on any atom is -0.351 e. The van der Waals surface area contributed by atoms with Crippen LogP contribution in [-0.4, -0.2) is 23.6 Å². The van der Waals surface area contributed by atoms with Gasteiger partial charge in [0, 0.05) is 27.5 Å². The summed E-state index contributed by atoms with van der Waals surface area (Å²) in [7, 11) is 0. The third-order valence-electron chi connectivity index (χ3n) is 6.27. The standard InChI is InChI=1S/C26H26Br2F2N2O2S/c27-20-11-12-21(28)24(30)23(20)25(26(34)31-17-7-2-1-3-8-17)32(18-9-4-6-16(29)14-18)22(33)15-19-10-5-13-35-19/h4,6,9-12,14,17,25H,1-3,5,7-8,13,15H2,(H,31,34). The largest absolute Gasteiger partial charge is 0.351 e. The number of amides is 2. The summed E-state index contributed by atoms with van der Waals surface area (Å²) < 4.78 is 30.4. The summed E-state index contributed by atoms with van der Waals surface area (Å²) in [5.41, 5.74) is 0.229. The zero-order valence-corrected chi connectivity index (χ0v) is 23.0. The van der Waals surface area contributed by atoms with Gasteiger partial charge in [0.15, 0.2) is 0 Å². The number of hydrogen-bond donors (Lipinski definition) is 1. The first kappa shape index (κ1) is 26.4. The maximum Gasteiger partial charge on any atom is 0.248 e. The van der Waals surface area contributed by atoms with Crippen molar-refractivity contribution in [2.45, 2.75) is 57.0 Å². The third kappa shape index (κ3) is 6.35. The van der Waals surface area contributed by atoms with Gasteiger partial charge >= 0.3 is 0 Å². The SMILES string of the molecule is O=C(NC1CCCCC1)C(c1c(Br)ccc(Br)c1F)N(C(=O)CC1=CCCS1)c1cccc(F)c1. The molecule has 0 radical (unpaired) electrons. The van der Waals surface area contributed by atoms with E-state index in [-0.39, 0.29) is 28.2 Å². The molecule has 0 spiro atoms. The van der Waals surface area contributed by atoms with E-state index >= 15 is 4.39 Å². The number of halogens is 4. The fraction of sp³-hybridized carbons (Fsp3) is 0.385. The molecule has 0 aromatic heterocycles. The first-order valence-corrected chi connectivity index (χ1v) is 14.3. The van der Waals surface area contributed by atoms with E-state index in [4.69, 9.17) is 0 Å². The molecule has 0 bridgehead atoms. The van der Waals surface area contributed by atoms with Crippen molar-refractivity contribution in [3.05, 3.63) is 73.5 Å². The number of carbonyl (C=O) groups excluding carboxylic acids is 2. The molecule has 4 rings (SSSR count). The highest BCUT2D eigenvalue weighted by Crippen LogP contribution is 2.39. The van der Waals surface area contributed by atoms with Crippen molar-refractivity contribution in [2.24, 2.45) is 0 Å². The highest BCUT2D eigenvalue weighted by atomic mass is 79.9. The number of nitrogens with zero attached hydrogens (tertiary/aromatic N) is 1. The predicted octanol–water partition coefficient (Wildman–Crippen LogP) is 7.42. The topological polar surface area (TPSA) is 49.4 Å². The number of nitrogens with one attached hydrogen (secondary N) is 1. The summed E-state index contributed by atoms with van der Waals surface area (Å²) >= 11 is 8.21. The lowest BCUT2D eigenvalue weighted by Gasteiger charge is -2.34. The zero-order chi connectivity index (χ0) is 24.9. The van der Waals surface area contributed by atoms with Gasteiger partial charge in [-0.2, -0.15) is 0 Å². The Hall–Kier alpha value is -1.71. The quantitative estimate of drug-likeness (QED) is 0.325. The molecule has 0 saturated heterocycles. The molecule has 1 unspecified atom stereocenters. The number of anilines is 1. The lowest BCUT2D eigenvalue weighted by molar-refractivity contribution is -0.127.